The zero-order valence-corrected chi connectivity index (χ0v) is 15.0. The van der Waals surface area contributed by atoms with Gasteiger partial charge in [-0.1, -0.05) is 18.2 Å². The maximum absolute atomic E-state index is 12.2. The number of anilines is 1. The van der Waals surface area contributed by atoms with E-state index in [2.05, 4.69) is 25.3 Å². The van der Waals surface area contributed by atoms with E-state index in [0.29, 0.717) is 27.6 Å². The Labute approximate surface area is 158 Å². The normalized spacial score (nSPS) is 10.8. The van der Waals surface area contributed by atoms with Crippen LogP contribution in [0.4, 0.5) is 5.13 Å². The van der Waals surface area contributed by atoms with Crippen molar-refractivity contribution in [2.75, 3.05) is 5.32 Å². The number of aromatic amines is 1. The number of para-hydroxylation sites is 2. The molecule has 0 fully saturated rings. The van der Waals surface area contributed by atoms with E-state index in [1.165, 1.54) is 11.3 Å². The molecule has 0 aliphatic heterocycles. The second-order valence-electron chi connectivity index (χ2n) is 5.83. The monoisotopic (exact) mass is 377 g/mol. The van der Waals surface area contributed by atoms with Crippen molar-refractivity contribution in [2.45, 2.75) is 12.8 Å². The highest BCUT2D eigenvalue weighted by molar-refractivity contribution is 7.14. The number of carbonyl (C=O) groups excluding carboxylic acids is 1. The number of nitrogens with zero attached hydrogens (tertiary/aromatic N) is 3. The zero-order valence-electron chi connectivity index (χ0n) is 14.2. The summed E-state index contributed by atoms with van der Waals surface area (Å²) in [7, 11) is 0. The highest BCUT2D eigenvalue weighted by Gasteiger charge is 2.11. The second kappa shape index (κ2) is 7.46. The SMILES string of the molecule is O=C(CCc1nc2ccccc2[nH]c1=O)Nc1nc(-c2ccccn2)cs1. The van der Waals surface area contributed by atoms with Gasteiger partial charge in [-0.15, -0.1) is 11.3 Å². The summed E-state index contributed by atoms with van der Waals surface area (Å²) in [6, 6.07) is 12.9. The van der Waals surface area contributed by atoms with E-state index >= 15 is 0 Å². The van der Waals surface area contributed by atoms with Crippen molar-refractivity contribution >= 4 is 33.4 Å². The Morgan fingerprint density at radius 2 is 1.93 bits per heavy atom. The van der Waals surface area contributed by atoms with Gasteiger partial charge in [0.05, 0.1) is 16.7 Å². The minimum Gasteiger partial charge on any atom is -0.319 e. The number of thiazole rings is 1. The van der Waals surface area contributed by atoms with Crippen molar-refractivity contribution in [3.05, 3.63) is 70.1 Å². The van der Waals surface area contributed by atoms with E-state index in [9.17, 15) is 9.59 Å². The molecule has 134 valence electrons. The van der Waals surface area contributed by atoms with Crippen LogP contribution in [0, 0.1) is 0 Å². The third kappa shape index (κ3) is 3.90. The van der Waals surface area contributed by atoms with Gasteiger partial charge in [-0.25, -0.2) is 9.97 Å². The van der Waals surface area contributed by atoms with Gasteiger partial charge in [0.25, 0.3) is 5.56 Å². The Balaban J connectivity index is 1.41. The van der Waals surface area contributed by atoms with Crippen molar-refractivity contribution in [2.24, 2.45) is 0 Å². The van der Waals surface area contributed by atoms with Gasteiger partial charge in [0.2, 0.25) is 5.91 Å². The molecule has 2 N–H and O–H groups in total. The molecule has 3 aromatic heterocycles. The molecule has 3 heterocycles. The number of pyridine rings is 1. The van der Waals surface area contributed by atoms with Crippen LogP contribution in [0.25, 0.3) is 22.4 Å². The lowest BCUT2D eigenvalue weighted by molar-refractivity contribution is -0.116. The van der Waals surface area contributed by atoms with E-state index < -0.39 is 0 Å². The number of aromatic nitrogens is 4. The highest BCUT2D eigenvalue weighted by Crippen LogP contribution is 2.23. The largest absolute Gasteiger partial charge is 0.319 e. The third-order valence-electron chi connectivity index (χ3n) is 3.94. The average Bonchev–Trinajstić information content (AvgIpc) is 3.15. The topological polar surface area (TPSA) is 101 Å². The molecule has 0 spiro atoms. The first kappa shape index (κ1) is 17.0. The zero-order chi connectivity index (χ0) is 18.6. The molecule has 0 aliphatic rings. The fourth-order valence-corrected chi connectivity index (χ4v) is 3.33. The molecule has 0 saturated carbocycles. The van der Waals surface area contributed by atoms with E-state index in [4.69, 9.17) is 0 Å². The summed E-state index contributed by atoms with van der Waals surface area (Å²) < 4.78 is 0. The van der Waals surface area contributed by atoms with Gasteiger partial charge in [0.1, 0.15) is 11.4 Å². The van der Waals surface area contributed by atoms with Gasteiger partial charge in [-0.05, 0) is 24.3 Å². The molecule has 4 aromatic rings. The Hall–Kier alpha value is -3.39. The summed E-state index contributed by atoms with van der Waals surface area (Å²) in [6.45, 7) is 0. The Kier molecular flexibility index (Phi) is 4.71. The molecule has 0 bridgehead atoms. The van der Waals surface area contributed by atoms with Crippen LogP contribution < -0.4 is 10.9 Å². The lowest BCUT2D eigenvalue weighted by atomic mass is 10.2. The number of rotatable bonds is 5. The third-order valence-corrected chi connectivity index (χ3v) is 4.69. The average molecular weight is 377 g/mol. The second-order valence-corrected chi connectivity index (χ2v) is 6.69. The predicted molar refractivity (Wildman–Crippen MR) is 105 cm³/mol. The molecule has 0 saturated heterocycles. The van der Waals surface area contributed by atoms with Gasteiger partial charge < -0.3 is 10.3 Å². The summed E-state index contributed by atoms with van der Waals surface area (Å²) in [5, 5.41) is 5.10. The number of hydrogen-bond donors (Lipinski definition) is 2. The van der Waals surface area contributed by atoms with Crippen LogP contribution in [0.1, 0.15) is 12.1 Å². The fraction of sp³-hybridized carbons (Fsp3) is 0.105. The lowest BCUT2D eigenvalue weighted by Gasteiger charge is -2.03. The van der Waals surface area contributed by atoms with Crippen LogP contribution in [0.15, 0.2) is 58.8 Å². The minimum atomic E-state index is -0.270. The molecule has 1 aromatic carbocycles. The number of nitrogens with one attached hydrogen (secondary N) is 2. The molecule has 0 atom stereocenters. The molecule has 1 amide bonds. The Morgan fingerprint density at radius 1 is 1.07 bits per heavy atom. The van der Waals surface area contributed by atoms with Gasteiger partial charge in [-0.2, -0.15) is 0 Å². The quantitative estimate of drug-likeness (QED) is 0.557. The van der Waals surface area contributed by atoms with Crippen molar-refractivity contribution in [3.63, 3.8) is 0 Å². The van der Waals surface area contributed by atoms with E-state index in [0.717, 1.165) is 5.69 Å². The summed E-state index contributed by atoms with van der Waals surface area (Å²) in [5.41, 5.74) is 2.92. The molecule has 0 unspecified atom stereocenters. The predicted octanol–water partition coefficient (Wildman–Crippen LogP) is 3.01. The van der Waals surface area contributed by atoms with Gasteiger partial charge >= 0.3 is 0 Å². The summed E-state index contributed by atoms with van der Waals surface area (Å²) in [5.74, 6) is -0.216. The first-order chi connectivity index (χ1) is 13.2. The van der Waals surface area contributed by atoms with Crippen LogP contribution in [-0.2, 0) is 11.2 Å². The molecule has 7 nitrogen and oxygen atoms in total. The maximum atomic E-state index is 12.2. The molecular weight excluding hydrogens is 362 g/mol. The molecular formula is C19H15N5O2S. The van der Waals surface area contributed by atoms with Crippen LogP contribution in [0.2, 0.25) is 0 Å². The van der Waals surface area contributed by atoms with Crippen molar-refractivity contribution in [1.29, 1.82) is 0 Å². The van der Waals surface area contributed by atoms with Crippen LogP contribution in [0.3, 0.4) is 0 Å². The van der Waals surface area contributed by atoms with Crippen molar-refractivity contribution in [1.82, 2.24) is 19.9 Å². The number of carbonyl (C=O) groups is 1. The Morgan fingerprint density at radius 3 is 2.78 bits per heavy atom. The lowest BCUT2D eigenvalue weighted by Crippen LogP contribution is -2.18. The molecule has 0 radical (unpaired) electrons. The summed E-state index contributed by atoms with van der Waals surface area (Å²) in [6.07, 6.45) is 2.10. The van der Waals surface area contributed by atoms with Crippen LogP contribution >= 0.6 is 11.3 Å². The smallest absolute Gasteiger partial charge is 0.270 e. The van der Waals surface area contributed by atoms with Crippen LogP contribution in [0.5, 0.6) is 0 Å². The number of benzene rings is 1. The highest BCUT2D eigenvalue weighted by atomic mass is 32.1. The maximum Gasteiger partial charge on any atom is 0.270 e. The van der Waals surface area contributed by atoms with Crippen LogP contribution in [-0.4, -0.2) is 25.8 Å². The van der Waals surface area contributed by atoms with E-state index in [-0.39, 0.29) is 24.3 Å². The molecule has 4 rings (SSSR count). The Bertz CT molecular complexity index is 1150. The standard InChI is InChI=1S/C19H15N5O2S/c25-17(24-19-23-16(11-27-19)12-5-3-4-10-20-12)9-8-15-18(26)22-14-7-2-1-6-13(14)21-15/h1-7,10-11H,8-9H2,(H,22,26)(H,23,24,25). The number of hydrogen-bond acceptors (Lipinski definition) is 6. The molecule has 8 heteroatoms. The van der Waals surface area contributed by atoms with Gasteiger partial charge in [0.15, 0.2) is 5.13 Å². The molecule has 27 heavy (non-hydrogen) atoms. The number of fused-ring (bicyclic) bond motifs is 1. The van der Waals surface area contributed by atoms with E-state index in [1.54, 1.807) is 12.3 Å². The van der Waals surface area contributed by atoms with E-state index in [1.807, 2.05) is 41.8 Å². The minimum absolute atomic E-state index is 0.146. The molecule has 0 aliphatic carbocycles. The van der Waals surface area contributed by atoms with Gasteiger partial charge in [-0.3, -0.25) is 14.6 Å². The van der Waals surface area contributed by atoms with Gasteiger partial charge in [0, 0.05) is 24.4 Å². The number of H-pyrrole nitrogens is 1. The first-order valence-corrected chi connectivity index (χ1v) is 9.22. The first-order valence-electron chi connectivity index (χ1n) is 8.34. The summed E-state index contributed by atoms with van der Waals surface area (Å²) >= 11 is 1.33. The number of aryl methyl sites for hydroxylation is 1. The fourth-order valence-electron chi connectivity index (χ4n) is 2.61. The van der Waals surface area contributed by atoms with Crippen molar-refractivity contribution < 1.29 is 4.79 Å². The van der Waals surface area contributed by atoms with Crippen molar-refractivity contribution in [3.8, 4) is 11.4 Å². The summed E-state index contributed by atoms with van der Waals surface area (Å²) in [4.78, 5) is 40.1. The number of amides is 1.